The average Bonchev–Trinajstić information content (AvgIpc) is 2.89. The lowest BCUT2D eigenvalue weighted by Crippen LogP contribution is -2.50. The number of aliphatic hydroxyl groups is 1. The number of ether oxygens (including phenoxy) is 1. The first-order chi connectivity index (χ1) is 18.6. The number of alkyl halides is 3. The van der Waals surface area contributed by atoms with Crippen LogP contribution in [0.3, 0.4) is 0 Å². The quantitative estimate of drug-likeness (QED) is 0.432. The summed E-state index contributed by atoms with van der Waals surface area (Å²) in [7, 11) is -2.68. The molecule has 0 fully saturated rings. The molecule has 0 aliphatic carbocycles. The van der Waals surface area contributed by atoms with E-state index in [1.165, 1.54) is 30.1 Å². The number of benzene rings is 2. The largest absolute Gasteiger partial charge is 0.488 e. The Morgan fingerprint density at radius 3 is 2.48 bits per heavy atom. The first-order valence-electron chi connectivity index (χ1n) is 12.4. The fraction of sp³-hybridized carbons (Fsp3) is 0.462. The van der Waals surface area contributed by atoms with Gasteiger partial charge in [0.25, 0.3) is 5.91 Å². The third-order valence-corrected chi connectivity index (χ3v) is 8.38. The van der Waals surface area contributed by atoms with Gasteiger partial charge in [0, 0.05) is 31.6 Å². The number of anilines is 1. The van der Waals surface area contributed by atoms with Gasteiger partial charge in [-0.1, -0.05) is 6.92 Å². The van der Waals surface area contributed by atoms with E-state index in [-0.39, 0.29) is 41.6 Å². The minimum Gasteiger partial charge on any atom is -0.488 e. The van der Waals surface area contributed by atoms with Crippen LogP contribution in [0.15, 0.2) is 47.4 Å². The van der Waals surface area contributed by atoms with Crippen LogP contribution in [0.4, 0.5) is 23.2 Å². The number of nitrogens with one attached hydrogen (secondary N) is 1. The molecule has 220 valence electrons. The molecule has 2 aromatic rings. The van der Waals surface area contributed by atoms with E-state index in [1.807, 2.05) is 0 Å². The average molecular weight is 590 g/mol. The summed E-state index contributed by atoms with van der Waals surface area (Å²) in [5.41, 5.74) is 0.0514. The van der Waals surface area contributed by atoms with Crippen LogP contribution in [0.5, 0.6) is 5.75 Å². The molecule has 40 heavy (non-hydrogen) atoms. The molecule has 2 N–H and O–H groups in total. The second-order valence-corrected chi connectivity index (χ2v) is 11.8. The van der Waals surface area contributed by atoms with Crippen LogP contribution < -0.4 is 10.1 Å². The molecule has 0 unspecified atom stereocenters. The van der Waals surface area contributed by atoms with E-state index in [9.17, 15) is 40.7 Å². The Morgan fingerprint density at radius 2 is 1.88 bits per heavy atom. The summed E-state index contributed by atoms with van der Waals surface area (Å²) in [6.45, 7) is 2.94. The van der Waals surface area contributed by atoms with Gasteiger partial charge >= 0.3 is 6.18 Å². The van der Waals surface area contributed by atoms with E-state index >= 15 is 0 Å². The molecule has 0 spiro atoms. The Kier molecular flexibility index (Phi) is 9.80. The van der Waals surface area contributed by atoms with E-state index < -0.39 is 64.7 Å². The summed E-state index contributed by atoms with van der Waals surface area (Å²) in [4.78, 5) is 26.8. The maximum Gasteiger partial charge on any atom is 0.389 e. The van der Waals surface area contributed by atoms with E-state index in [1.54, 1.807) is 13.8 Å². The topological polar surface area (TPSA) is 116 Å². The molecule has 2 aromatic carbocycles. The van der Waals surface area contributed by atoms with Crippen molar-refractivity contribution in [3.8, 4) is 5.75 Å². The number of carbonyl (C=O) groups excluding carboxylic acids is 2. The number of hydrogen-bond donors (Lipinski definition) is 2. The van der Waals surface area contributed by atoms with Crippen LogP contribution in [0.25, 0.3) is 0 Å². The first kappa shape index (κ1) is 31.3. The number of rotatable bonds is 9. The van der Waals surface area contributed by atoms with Crippen molar-refractivity contribution >= 4 is 27.5 Å². The Morgan fingerprint density at radius 1 is 1.23 bits per heavy atom. The summed E-state index contributed by atoms with van der Waals surface area (Å²) in [5.74, 6) is -2.37. The van der Waals surface area contributed by atoms with Gasteiger partial charge < -0.3 is 20.1 Å². The predicted molar refractivity (Wildman–Crippen MR) is 138 cm³/mol. The molecule has 14 heteroatoms. The molecular weight excluding hydrogens is 558 g/mol. The van der Waals surface area contributed by atoms with Crippen molar-refractivity contribution < 1.29 is 45.4 Å². The molecule has 1 aliphatic rings. The molecular formula is C26H31F4N3O6S. The van der Waals surface area contributed by atoms with Crippen LogP contribution >= 0.6 is 0 Å². The minimum atomic E-state index is -4.50. The standard InChI is InChI=1S/C26H31F4N3O6S/c1-16-13-33(17(2)15-34)25(36)21-12-19(31-24(35)10-11-26(28,29)30)6-9-22(21)39-23(16)14-32(3)40(37,38)20-7-4-18(27)5-8-20/h4-9,12,16-17,23,34H,10-11,13-15H2,1-3H3,(H,31,35)/t16-,17+,23+/m0/s1. The van der Waals surface area contributed by atoms with Crippen molar-refractivity contribution in [3.63, 3.8) is 0 Å². The van der Waals surface area contributed by atoms with E-state index in [0.29, 0.717) is 0 Å². The van der Waals surface area contributed by atoms with Crippen molar-refractivity contribution in [1.82, 2.24) is 9.21 Å². The highest BCUT2D eigenvalue weighted by Crippen LogP contribution is 2.31. The summed E-state index contributed by atoms with van der Waals surface area (Å²) < 4.78 is 84.2. The lowest BCUT2D eigenvalue weighted by molar-refractivity contribution is -0.142. The van der Waals surface area contributed by atoms with E-state index in [0.717, 1.165) is 28.6 Å². The van der Waals surface area contributed by atoms with Gasteiger partial charge in [-0.3, -0.25) is 9.59 Å². The van der Waals surface area contributed by atoms with Crippen LogP contribution in [0.1, 0.15) is 37.0 Å². The molecule has 1 aliphatic heterocycles. The number of amides is 2. The van der Waals surface area contributed by atoms with Gasteiger partial charge in [0.1, 0.15) is 17.7 Å². The molecule has 0 radical (unpaired) electrons. The molecule has 9 nitrogen and oxygen atoms in total. The Labute approximate surface area is 229 Å². The third-order valence-electron chi connectivity index (χ3n) is 6.54. The molecule has 0 saturated carbocycles. The number of nitrogens with zero attached hydrogens (tertiary/aromatic N) is 2. The summed E-state index contributed by atoms with van der Waals surface area (Å²) in [6.07, 6.45) is -7.39. The fourth-order valence-corrected chi connectivity index (χ4v) is 5.32. The highest BCUT2D eigenvalue weighted by Gasteiger charge is 2.35. The molecule has 0 saturated heterocycles. The Hall–Kier alpha value is -3.23. The van der Waals surface area contributed by atoms with Gasteiger partial charge in [0.2, 0.25) is 15.9 Å². The van der Waals surface area contributed by atoms with Gasteiger partial charge in [-0.2, -0.15) is 17.5 Å². The molecule has 2 amide bonds. The molecule has 0 bridgehead atoms. The smallest absolute Gasteiger partial charge is 0.389 e. The zero-order valence-corrected chi connectivity index (χ0v) is 22.9. The Bertz CT molecular complexity index is 1320. The number of likely N-dealkylation sites (N-methyl/N-ethyl adjacent to an activating group) is 1. The van der Waals surface area contributed by atoms with Crippen molar-refractivity contribution in [3.05, 3.63) is 53.8 Å². The third kappa shape index (κ3) is 7.70. The number of carbonyl (C=O) groups is 2. The van der Waals surface area contributed by atoms with Crippen molar-refractivity contribution in [1.29, 1.82) is 0 Å². The lowest BCUT2D eigenvalue weighted by atomic mass is 9.99. The SMILES string of the molecule is C[C@H](CO)N1C[C@H](C)[C@@H](CN(C)S(=O)(=O)c2ccc(F)cc2)Oc2ccc(NC(=O)CCC(F)(F)F)cc2C1=O. The Balaban J connectivity index is 1.91. The van der Waals surface area contributed by atoms with Crippen LogP contribution in [-0.2, 0) is 14.8 Å². The van der Waals surface area contributed by atoms with Crippen molar-refractivity contribution in [2.24, 2.45) is 5.92 Å². The zero-order chi connectivity index (χ0) is 29.8. The summed E-state index contributed by atoms with van der Waals surface area (Å²) in [5, 5.41) is 12.1. The van der Waals surface area contributed by atoms with Gasteiger partial charge in [0.05, 0.1) is 36.1 Å². The summed E-state index contributed by atoms with van der Waals surface area (Å²) >= 11 is 0. The molecule has 0 aromatic heterocycles. The van der Waals surface area contributed by atoms with Gasteiger partial charge in [-0.25, -0.2) is 12.8 Å². The second kappa shape index (κ2) is 12.5. The maximum atomic E-state index is 13.5. The number of halogens is 4. The fourth-order valence-electron chi connectivity index (χ4n) is 4.14. The highest BCUT2D eigenvalue weighted by atomic mass is 32.2. The zero-order valence-electron chi connectivity index (χ0n) is 22.1. The lowest BCUT2D eigenvalue weighted by Gasteiger charge is -2.38. The summed E-state index contributed by atoms with van der Waals surface area (Å²) in [6, 6.07) is 7.72. The van der Waals surface area contributed by atoms with Crippen molar-refractivity contribution in [2.75, 3.05) is 32.1 Å². The molecule has 1 heterocycles. The van der Waals surface area contributed by atoms with Gasteiger partial charge in [0.15, 0.2) is 0 Å². The van der Waals surface area contributed by atoms with Gasteiger partial charge in [-0.05, 0) is 49.4 Å². The van der Waals surface area contributed by atoms with Gasteiger partial charge in [-0.15, -0.1) is 0 Å². The number of aliphatic hydroxyl groups excluding tert-OH is 1. The van der Waals surface area contributed by atoms with Crippen LogP contribution in [0, 0.1) is 11.7 Å². The van der Waals surface area contributed by atoms with Crippen molar-refractivity contribution in [2.45, 2.75) is 49.9 Å². The van der Waals surface area contributed by atoms with Crippen LogP contribution in [0.2, 0.25) is 0 Å². The molecule has 3 rings (SSSR count). The van der Waals surface area contributed by atoms with Crippen LogP contribution in [-0.4, -0.2) is 79.6 Å². The minimum absolute atomic E-state index is 0.0186. The maximum absolute atomic E-state index is 13.5. The van der Waals surface area contributed by atoms with E-state index in [2.05, 4.69) is 5.32 Å². The monoisotopic (exact) mass is 589 g/mol. The highest BCUT2D eigenvalue weighted by molar-refractivity contribution is 7.89. The number of hydrogen-bond acceptors (Lipinski definition) is 6. The second-order valence-electron chi connectivity index (χ2n) is 9.74. The number of fused-ring (bicyclic) bond motifs is 1. The first-order valence-corrected chi connectivity index (χ1v) is 13.9. The normalized spacial score (nSPS) is 18.9. The van der Waals surface area contributed by atoms with E-state index in [4.69, 9.17) is 4.74 Å². The molecule has 3 atom stereocenters. The predicted octanol–water partition coefficient (Wildman–Crippen LogP) is 3.65. The number of sulfonamides is 1.